The molecule has 0 radical (unpaired) electrons. The maximum Gasteiger partial charge on any atom is 0.253 e. The summed E-state index contributed by atoms with van der Waals surface area (Å²) in [5, 5.41) is 3.17. The van der Waals surface area contributed by atoms with Crippen molar-refractivity contribution in [1.82, 2.24) is 14.8 Å². The number of aryl methyl sites for hydroxylation is 2. The summed E-state index contributed by atoms with van der Waals surface area (Å²) < 4.78 is 0. The number of hydrogen-bond acceptors (Lipinski definition) is 4. The van der Waals surface area contributed by atoms with Crippen LogP contribution in [0.5, 0.6) is 0 Å². The Morgan fingerprint density at radius 2 is 1.78 bits per heavy atom. The van der Waals surface area contributed by atoms with Crippen molar-refractivity contribution < 1.29 is 4.79 Å². The maximum atomic E-state index is 12.3. The zero-order chi connectivity index (χ0) is 23.3. The fraction of sp³-hybridized carbons (Fsp3) is 0.346. The van der Waals surface area contributed by atoms with Crippen LogP contribution in [0.15, 0.2) is 46.8 Å². The highest BCUT2D eigenvalue weighted by Crippen LogP contribution is 2.28. The Hall–Kier alpha value is -2.99. The summed E-state index contributed by atoms with van der Waals surface area (Å²) in [6.07, 6.45) is 2.68. The fourth-order valence-electron chi connectivity index (χ4n) is 3.27. The SMILES string of the molecule is CCN(C)C=Nc1cc(C)c(Cc2nc(-c3ccc(C(=O)N(C)CC)cc3)cs2)cc1C. The van der Waals surface area contributed by atoms with Crippen molar-refractivity contribution in [3.8, 4) is 11.3 Å². The molecule has 0 atom stereocenters. The molecule has 2 aromatic carbocycles. The van der Waals surface area contributed by atoms with E-state index in [0.717, 1.165) is 34.9 Å². The smallest absolute Gasteiger partial charge is 0.253 e. The first-order valence-corrected chi connectivity index (χ1v) is 11.8. The molecule has 0 fully saturated rings. The third-order valence-electron chi connectivity index (χ3n) is 5.69. The zero-order valence-corrected chi connectivity index (χ0v) is 20.7. The second-order valence-electron chi connectivity index (χ2n) is 8.08. The second kappa shape index (κ2) is 10.6. The number of benzene rings is 2. The number of carbonyl (C=O) groups excluding carboxylic acids is 1. The van der Waals surface area contributed by atoms with Crippen molar-refractivity contribution in [3.63, 3.8) is 0 Å². The molecular weight excluding hydrogens is 416 g/mol. The fourth-order valence-corrected chi connectivity index (χ4v) is 4.09. The van der Waals surface area contributed by atoms with Gasteiger partial charge in [-0.25, -0.2) is 9.98 Å². The van der Waals surface area contributed by atoms with Gasteiger partial charge >= 0.3 is 0 Å². The Balaban J connectivity index is 1.74. The molecule has 3 rings (SSSR count). The van der Waals surface area contributed by atoms with Crippen molar-refractivity contribution in [3.05, 3.63) is 69.0 Å². The summed E-state index contributed by atoms with van der Waals surface area (Å²) in [6, 6.07) is 12.1. The van der Waals surface area contributed by atoms with Gasteiger partial charge in [-0.2, -0.15) is 0 Å². The van der Waals surface area contributed by atoms with Gasteiger partial charge in [-0.15, -0.1) is 11.3 Å². The lowest BCUT2D eigenvalue weighted by molar-refractivity contribution is 0.0802. The van der Waals surface area contributed by atoms with E-state index in [1.165, 1.54) is 16.7 Å². The number of thiazole rings is 1. The van der Waals surface area contributed by atoms with Crippen LogP contribution in [0.1, 0.15) is 45.9 Å². The number of rotatable bonds is 8. The molecule has 168 valence electrons. The molecule has 1 heterocycles. The molecule has 6 heteroatoms. The van der Waals surface area contributed by atoms with Gasteiger partial charge in [-0.3, -0.25) is 4.79 Å². The van der Waals surface area contributed by atoms with E-state index in [2.05, 4.69) is 48.2 Å². The van der Waals surface area contributed by atoms with Crippen LogP contribution in [0.2, 0.25) is 0 Å². The van der Waals surface area contributed by atoms with Gasteiger partial charge in [0.2, 0.25) is 0 Å². The second-order valence-corrected chi connectivity index (χ2v) is 9.03. The average Bonchev–Trinajstić information content (AvgIpc) is 3.27. The molecule has 0 aliphatic rings. The predicted molar refractivity (Wildman–Crippen MR) is 135 cm³/mol. The number of hydrogen-bond donors (Lipinski definition) is 0. The number of amides is 1. The van der Waals surface area contributed by atoms with E-state index in [9.17, 15) is 4.79 Å². The molecule has 0 saturated carbocycles. The minimum atomic E-state index is 0.0398. The Kier molecular flexibility index (Phi) is 7.80. The molecule has 0 aliphatic carbocycles. The molecular formula is C26H32N4OS. The van der Waals surface area contributed by atoms with E-state index in [-0.39, 0.29) is 5.91 Å². The van der Waals surface area contributed by atoms with Gasteiger partial charge < -0.3 is 9.80 Å². The van der Waals surface area contributed by atoms with Crippen molar-refractivity contribution in [2.24, 2.45) is 4.99 Å². The van der Waals surface area contributed by atoms with Crippen LogP contribution in [0.3, 0.4) is 0 Å². The minimum absolute atomic E-state index is 0.0398. The van der Waals surface area contributed by atoms with E-state index < -0.39 is 0 Å². The summed E-state index contributed by atoms with van der Waals surface area (Å²) in [4.78, 5) is 25.6. The van der Waals surface area contributed by atoms with E-state index in [0.29, 0.717) is 12.1 Å². The first-order chi connectivity index (χ1) is 15.3. The molecule has 0 N–H and O–H groups in total. The van der Waals surface area contributed by atoms with Crippen molar-refractivity contribution in [1.29, 1.82) is 0 Å². The summed E-state index contributed by atoms with van der Waals surface area (Å²) in [5.41, 5.74) is 7.35. The molecule has 0 bridgehead atoms. The van der Waals surface area contributed by atoms with Gasteiger partial charge in [0.15, 0.2) is 0 Å². The maximum absolute atomic E-state index is 12.3. The predicted octanol–water partition coefficient (Wildman–Crippen LogP) is 5.72. The van der Waals surface area contributed by atoms with Crippen LogP contribution >= 0.6 is 11.3 Å². The molecule has 0 unspecified atom stereocenters. The van der Waals surface area contributed by atoms with Crippen LogP contribution in [0.4, 0.5) is 5.69 Å². The monoisotopic (exact) mass is 448 g/mol. The van der Waals surface area contributed by atoms with Crippen molar-refractivity contribution in [2.45, 2.75) is 34.1 Å². The Bertz CT molecular complexity index is 1100. The minimum Gasteiger partial charge on any atom is -0.366 e. The van der Waals surface area contributed by atoms with Crippen LogP contribution < -0.4 is 0 Å². The lowest BCUT2D eigenvalue weighted by Gasteiger charge is -2.14. The van der Waals surface area contributed by atoms with Crippen LogP contribution in [0, 0.1) is 13.8 Å². The summed E-state index contributed by atoms with van der Waals surface area (Å²) >= 11 is 1.67. The highest BCUT2D eigenvalue weighted by atomic mass is 32.1. The number of nitrogens with zero attached hydrogens (tertiary/aromatic N) is 4. The lowest BCUT2D eigenvalue weighted by Crippen LogP contribution is -2.26. The third-order valence-corrected chi connectivity index (χ3v) is 6.54. The molecule has 0 aliphatic heterocycles. The van der Waals surface area contributed by atoms with Gasteiger partial charge in [0.1, 0.15) is 0 Å². The van der Waals surface area contributed by atoms with Gasteiger partial charge in [0.25, 0.3) is 5.91 Å². The van der Waals surface area contributed by atoms with Crippen LogP contribution in [0.25, 0.3) is 11.3 Å². The molecule has 32 heavy (non-hydrogen) atoms. The lowest BCUT2D eigenvalue weighted by atomic mass is 10.0. The van der Waals surface area contributed by atoms with E-state index in [1.54, 1.807) is 16.2 Å². The van der Waals surface area contributed by atoms with E-state index in [4.69, 9.17) is 4.98 Å². The highest BCUT2D eigenvalue weighted by Gasteiger charge is 2.12. The largest absolute Gasteiger partial charge is 0.366 e. The molecule has 1 aromatic heterocycles. The molecule has 3 aromatic rings. The van der Waals surface area contributed by atoms with Crippen LogP contribution in [-0.4, -0.2) is 54.2 Å². The Morgan fingerprint density at radius 1 is 1.06 bits per heavy atom. The standard InChI is InChI=1S/C26H32N4OS/c1-7-29(5)17-27-23-14-18(3)22(13-19(23)4)15-25-28-24(16-32-25)20-9-11-21(12-10-20)26(31)30(6)8-2/h9-14,16-17H,7-8,15H2,1-6H3. The summed E-state index contributed by atoms with van der Waals surface area (Å²) in [6.45, 7) is 9.94. The third kappa shape index (κ3) is 5.62. The van der Waals surface area contributed by atoms with Crippen molar-refractivity contribution >= 4 is 29.3 Å². The average molecular weight is 449 g/mol. The van der Waals surface area contributed by atoms with Crippen molar-refractivity contribution in [2.75, 3.05) is 27.2 Å². The molecule has 5 nitrogen and oxygen atoms in total. The first kappa shape index (κ1) is 23.7. The Morgan fingerprint density at radius 3 is 2.44 bits per heavy atom. The molecule has 0 spiro atoms. The van der Waals surface area contributed by atoms with Gasteiger partial charge in [-0.1, -0.05) is 18.2 Å². The quantitative estimate of drug-likeness (QED) is 0.327. The molecule has 1 amide bonds. The first-order valence-electron chi connectivity index (χ1n) is 11.0. The van der Waals surface area contributed by atoms with E-state index >= 15 is 0 Å². The normalized spacial score (nSPS) is 11.2. The van der Waals surface area contributed by atoms with Gasteiger partial charge in [0.05, 0.1) is 22.7 Å². The summed E-state index contributed by atoms with van der Waals surface area (Å²) in [5.74, 6) is 0.0398. The summed E-state index contributed by atoms with van der Waals surface area (Å²) in [7, 11) is 3.84. The zero-order valence-electron chi connectivity index (χ0n) is 19.8. The number of carbonyl (C=O) groups is 1. The van der Waals surface area contributed by atoms with E-state index in [1.807, 2.05) is 51.6 Å². The van der Waals surface area contributed by atoms with Gasteiger partial charge in [-0.05, 0) is 62.6 Å². The number of aromatic nitrogens is 1. The molecule has 0 saturated heterocycles. The number of aliphatic imine (C=N–C) groups is 1. The topological polar surface area (TPSA) is 48.8 Å². The Labute approximate surface area is 195 Å². The van der Waals surface area contributed by atoms with Gasteiger partial charge in [0, 0.05) is 50.1 Å². The van der Waals surface area contributed by atoms with Crippen LogP contribution in [-0.2, 0) is 6.42 Å². The highest BCUT2D eigenvalue weighted by molar-refractivity contribution is 7.10.